The summed E-state index contributed by atoms with van der Waals surface area (Å²) in [5, 5.41) is 12.7. The molecule has 2 heterocycles. The first-order chi connectivity index (χ1) is 10.5. The molecule has 3 N–H and O–H groups in total. The molecule has 3 rings (SSSR count). The molecule has 6 heteroatoms. The lowest BCUT2D eigenvalue weighted by atomic mass is 10.0. The Morgan fingerprint density at radius 1 is 1.50 bits per heavy atom. The Hall–Kier alpha value is -2.08. The maximum absolute atomic E-state index is 11.3. The van der Waals surface area contributed by atoms with E-state index in [1.807, 2.05) is 5.38 Å². The number of amides is 1. The van der Waals surface area contributed by atoms with Crippen LogP contribution >= 0.6 is 11.3 Å². The molecule has 22 heavy (non-hydrogen) atoms. The fraction of sp³-hybridized carbons (Fsp3) is 0.375. The van der Waals surface area contributed by atoms with E-state index in [4.69, 9.17) is 5.73 Å². The van der Waals surface area contributed by atoms with Gasteiger partial charge in [0.05, 0.1) is 11.3 Å². The number of phenols is 1. The highest BCUT2D eigenvalue weighted by Crippen LogP contribution is 2.32. The van der Waals surface area contributed by atoms with E-state index in [0.717, 1.165) is 29.5 Å². The van der Waals surface area contributed by atoms with Crippen molar-refractivity contribution in [2.24, 2.45) is 11.7 Å². The van der Waals surface area contributed by atoms with Gasteiger partial charge in [0.1, 0.15) is 5.75 Å². The molecule has 1 atom stereocenters. The van der Waals surface area contributed by atoms with Gasteiger partial charge in [-0.15, -0.1) is 11.3 Å². The first kappa shape index (κ1) is 14.8. The number of primary amides is 1. The molecule has 1 saturated heterocycles. The maximum atomic E-state index is 11.3. The molecular formula is C16H19N3O2S. The zero-order valence-corrected chi connectivity index (χ0v) is 13.3. The molecule has 0 unspecified atom stereocenters. The highest BCUT2D eigenvalue weighted by atomic mass is 32.1. The highest BCUT2D eigenvalue weighted by Gasteiger charge is 2.19. The van der Waals surface area contributed by atoms with Gasteiger partial charge >= 0.3 is 0 Å². The van der Waals surface area contributed by atoms with Gasteiger partial charge in [0.2, 0.25) is 0 Å². The fourth-order valence-electron chi connectivity index (χ4n) is 2.80. The average Bonchev–Trinajstić information content (AvgIpc) is 2.97. The minimum atomic E-state index is -0.639. The van der Waals surface area contributed by atoms with Crippen LogP contribution in [0.3, 0.4) is 0 Å². The summed E-state index contributed by atoms with van der Waals surface area (Å²) in [5.41, 5.74) is 6.99. The van der Waals surface area contributed by atoms with Gasteiger partial charge in [-0.2, -0.15) is 0 Å². The summed E-state index contributed by atoms with van der Waals surface area (Å²) in [7, 11) is 0. The molecular weight excluding hydrogens is 298 g/mol. The molecule has 0 saturated carbocycles. The molecule has 5 nitrogen and oxygen atoms in total. The highest BCUT2D eigenvalue weighted by molar-refractivity contribution is 7.14. The van der Waals surface area contributed by atoms with Crippen molar-refractivity contribution in [3.8, 4) is 17.0 Å². The van der Waals surface area contributed by atoms with Crippen molar-refractivity contribution in [1.29, 1.82) is 0 Å². The summed E-state index contributed by atoms with van der Waals surface area (Å²) < 4.78 is 0. The number of carbonyl (C=O) groups is 1. The monoisotopic (exact) mass is 317 g/mol. The Morgan fingerprint density at radius 2 is 2.32 bits per heavy atom. The molecule has 1 fully saturated rings. The quantitative estimate of drug-likeness (QED) is 0.912. The standard InChI is InChI=1S/C16H19N3O2S/c1-10-3-2-6-19(8-10)16-18-13(9-22-16)11-4-5-14(20)12(7-11)15(17)21/h4-5,7,9-10,20H,2-3,6,8H2,1H3,(H2,17,21)/t10-/m0/s1. The van der Waals surface area contributed by atoms with Crippen LogP contribution in [0.1, 0.15) is 30.1 Å². The molecule has 1 aliphatic heterocycles. The number of aromatic nitrogens is 1. The van der Waals surface area contributed by atoms with Crippen molar-refractivity contribution in [3.05, 3.63) is 29.1 Å². The molecule has 2 aromatic rings. The normalized spacial score (nSPS) is 18.4. The van der Waals surface area contributed by atoms with Gasteiger partial charge in [0.25, 0.3) is 5.91 Å². The van der Waals surface area contributed by atoms with Crippen LogP contribution in [0.25, 0.3) is 11.3 Å². The number of nitrogens with two attached hydrogens (primary N) is 1. The Balaban J connectivity index is 1.87. The molecule has 0 spiro atoms. The number of nitrogens with zero attached hydrogens (tertiary/aromatic N) is 2. The summed E-state index contributed by atoms with van der Waals surface area (Å²) in [5.74, 6) is -0.0487. The van der Waals surface area contributed by atoms with Crippen LogP contribution in [-0.4, -0.2) is 29.1 Å². The summed E-state index contributed by atoms with van der Waals surface area (Å²) in [4.78, 5) is 18.3. The third-order valence-electron chi connectivity index (χ3n) is 3.98. The molecule has 0 radical (unpaired) electrons. The fourth-order valence-corrected chi connectivity index (χ4v) is 3.67. The summed E-state index contributed by atoms with van der Waals surface area (Å²) in [6.07, 6.45) is 2.47. The van der Waals surface area contributed by atoms with Crippen LogP contribution < -0.4 is 10.6 Å². The number of benzene rings is 1. The van der Waals surface area contributed by atoms with Crippen LogP contribution in [-0.2, 0) is 0 Å². The van der Waals surface area contributed by atoms with E-state index in [0.29, 0.717) is 5.92 Å². The first-order valence-corrected chi connectivity index (χ1v) is 8.26. The Morgan fingerprint density at radius 3 is 3.05 bits per heavy atom. The number of hydrogen-bond donors (Lipinski definition) is 2. The van der Waals surface area contributed by atoms with Crippen LogP contribution in [0.2, 0.25) is 0 Å². The van der Waals surface area contributed by atoms with E-state index in [-0.39, 0.29) is 11.3 Å². The zero-order valence-electron chi connectivity index (χ0n) is 12.5. The van der Waals surface area contributed by atoms with Crippen molar-refractivity contribution in [1.82, 2.24) is 4.98 Å². The van der Waals surface area contributed by atoms with Gasteiger partial charge in [0, 0.05) is 24.0 Å². The minimum Gasteiger partial charge on any atom is -0.507 e. The second-order valence-electron chi connectivity index (χ2n) is 5.80. The van der Waals surface area contributed by atoms with Crippen molar-refractivity contribution in [3.63, 3.8) is 0 Å². The number of aromatic hydroxyl groups is 1. The van der Waals surface area contributed by atoms with Crippen LogP contribution in [0, 0.1) is 5.92 Å². The lowest BCUT2D eigenvalue weighted by Crippen LogP contribution is -2.34. The molecule has 1 aromatic carbocycles. The molecule has 1 amide bonds. The van der Waals surface area contributed by atoms with Crippen molar-refractivity contribution in [2.75, 3.05) is 18.0 Å². The molecule has 1 aliphatic rings. The zero-order chi connectivity index (χ0) is 15.7. The summed E-state index contributed by atoms with van der Waals surface area (Å²) in [6, 6.07) is 4.83. The maximum Gasteiger partial charge on any atom is 0.252 e. The van der Waals surface area contributed by atoms with Crippen LogP contribution in [0.4, 0.5) is 5.13 Å². The Kier molecular flexibility index (Phi) is 4.02. The Bertz CT molecular complexity index is 698. The van der Waals surface area contributed by atoms with Gasteiger partial charge in [-0.25, -0.2) is 4.98 Å². The van der Waals surface area contributed by atoms with Crippen LogP contribution in [0.5, 0.6) is 5.75 Å². The second-order valence-corrected chi connectivity index (χ2v) is 6.64. The van der Waals surface area contributed by atoms with Crippen LogP contribution in [0.15, 0.2) is 23.6 Å². The SMILES string of the molecule is C[C@H]1CCCN(c2nc(-c3ccc(O)c(C(N)=O)c3)cs2)C1. The van der Waals surface area contributed by atoms with E-state index in [9.17, 15) is 9.90 Å². The predicted octanol–water partition coefficient (Wildman–Crippen LogP) is 2.85. The van der Waals surface area contributed by atoms with Crippen molar-refractivity contribution < 1.29 is 9.90 Å². The largest absolute Gasteiger partial charge is 0.507 e. The second kappa shape index (κ2) is 5.96. The topological polar surface area (TPSA) is 79.4 Å². The van der Waals surface area contributed by atoms with E-state index in [2.05, 4.69) is 16.8 Å². The van der Waals surface area contributed by atoms with E-state index < -0.39 is 5.91 Å². The van der Waals surface area contributed by atoms with Gasteiger partial charge in [-0.3, -0.25) is 4.79 Å². The summed E-state index contributed by atoms with van der Waals surface area (Å²) in [6.45, 7) is 4.34. The average molecular weight is 317 g/mol. The molecule has 0 bridgehead atoms. The molecule has 116 valence electrons. The van der Waals surface area contributed by atoms with E-state index >= 15 is 0 Å². The Labute approximate surface area is 133 Å². The smallest absolute Gasteiger partial charge is 0.252 e. The van der Waals surface area contributed by atoms with E-state index in [1.54, 1.807) is 23.5 Å². The van der Waals surface area contributed by atoms with Crippen molar-refractivity contribution in [2.45, 2.75) is 19.8 Å². The first-order valence-electron chi connectivity index (χ1n) is 7.38. The van der Waals surface area contributed by atoms with Crippen molar-refractivity contribution >= 4 is 22.4 Å². The van der Waals surface area contributed by atoms with E-state index in [1.165, 1.54) is 18.9 Å². The number of rotatable bonds is 3. The molecule has 1 aromatic heterocycles. The molecule has 0 aliphatic carbocycles. The lowest BCUT2D eigenvalue weighted by molar-refractivity contribution is 0.0998. The van der Waals surface area contributed by atoms with Gasteiger partial charge < -0.3 is 15.7 Å². The predicted molar refractivity (Wildman–Crippen MR) is 88.3 cm³/mol. The number of thiazole rings is 1. The van der Waals surface area contributed by atoms with Gasteiger partial charge in [0.15, 0.2) is 5.13 Å². The van der Waals surface area contributed by atoms with Gasteiger partial charge in [-0.05, 0) is 37.0 Å². The lowest BCUT2D eigenvalue weighted by Gasteiger charge is -2.30. The number of carbonyl (C=O) groups excluding carboxylic acids is 1. The summed E-state index contributed by atoms with van der Waals surface area (Å²) >= 11 is 1.61. The third kappa shape index (κ3) is 2.92. The number of anilines is 1. The number of piperidine rings is 1. The number of hydrogen-bond acceptors (Lipinski definition) is 5. The third-order valence-corrected chi connectivity index (χ3v) is 4.88. The minimum absolute atomic E-state index is 0.100. The van der Waals surface area contributed by atoms with Gasteiger partial charge in [-0.1, -0.05) is 6.92 Å².